The molecule has 16 heavy (non-hydrogen) atoms. The number of hydrogen-bond donors (Lipinski definition) is 1. The SMILES string of the molecule is CNC1CCCC(C)N(c2ccoc2)C1=O. The first-order valence-corrected chi connectivity index (χ1v) is 5.76. The average molecular weight is 222 g/mol. The summed E-state index contributed by atoms with van der Waals surface area (Å²) < 4.78 is 5.06. The summed E-state index contributed by atoms with van der Waals surface area (Å²) in [6, 6.07) is 2.01. The molecule has 2 heterocycles. The van der Waals surface area contributed by atoms with Crippen molar-refractivity contribution < 1.29 is 9.21 Å². The predicted octanol–water partition coefficient (Wildman–Crippen LogP) is 1.77. The van der Waals surface area contributed by atoms with E-state index in [1.807, 2.05) is 18.0 Å². The number of hydrogen-bond acceptors (Lipinski definition) is 3. The fraction of sp³-hybridized carbons (Fsp3) is 0.583. The molecule has 0 saturated carbocycles. The molecule has 1 aliphatic rings. The van der Waals surface area contributed by atoms with Crippen LogP contribution in [0.2, 0.25) is 0 Å². The zero-order valence-corrected chi connectivity index (χ0v) is 9.77. The Bertz CT molecular complexity index is 348. The average Bonchev–Trinajstić information content (AvgIpc) is 2.73. The van der Waals surface area contributed by atoms with Crippen molar-refractivity contribution >= 4 is 11.6 Å². The zero-order chi connectivity index (χ0) is 11.5. The van der Waals surface area contributed by atoms with Crippen molar-refractivity contribution in [1.82, 2.24) is 5.32 Å². The van der Waals surface area contributed by atoms with Crippen molar-refractivity contribution in [3.8, 4) is 0 Å². The molecular formula is C12H18N2O2. The van der Waals surface area contributed by atoms with Crippen LogP contribution < -0.4 is 10.2 Å². The van der Waals surface area contributed by atoms with E-state index in [0.29, 0.717) is 0 Å². The van der Waals surface area contributed by atoms with E-state index in [4.69, 9.17) is 4.42 Å². The minimum Gasteiger partial charge on any atom is -0.470 e. The van der Waals surface area contributed by atoms with Gasteiger partial charge in [0.1, 0.15) is 6.26 Å². The highest BCUT2D eigenvalue weighted by atomic mass is 16.3. The Labute approximate surface area is 95.6 Å². The van der Waals surface area contributed by atoms with Crippen LogP contribution in [0.1, 0.15) is 26.2 Å². The van der Waals surface area contributed by atoms with Gasteiger partial charge in [0.2, 0.25) is 5.91 Å². The lowest BCUT2D eigenvalue weighted by Crippen LogP contribution is -2.46. The number of furan rings is 1. The number of amides is 1. The largest absolute Gasteiger partial charge is 0.470 e. The van der Waals surface area contributed by atoms with Crippen molar-refractivity contribution in [3.63, 3.8) is 0 Å². The Balaban J connectivity index is 2.27. The second-order valence-corrected chi connectivity index (χ2v) is 4.31. The van der Waals surface area contributed by atoms with E-state index in [9.17, 15) is 4.79 Å². The number of nitrogens with one attached hydrogen (secondary N) is 1. The highest BCUT2D eigenvalue weighted by Gasteiger charge is 2.31. The van der Waals surface area contributed by atoms with Gasteiger partial charge in [-0.05, 0) is 33.2 Å². The van der Waals surface area contributed by atoms with Crippen LogP contribution in [-0.2, 0) is 4.79 Å². The van der Waals surface area contributed by atoms with E-state index >= 15 is 0 Å². The third-order valence-corrected chi connectivity index (χ3v) is 3.22. The zero-order valence-electron chi connectivity index (χ0n) is 9.77. The van der Waals surface area contributed by atoms with Crippen molar-refractivity contribution in [2.45, 2.75) is 38.3 Å². The van der Waals surface area contributed by atoms with E-state index in [-0.39, 0.29) is 18.0 Å². The van der Waals surface area contributed by atoms with Gasteiger partial charge in [0.15, 0.2) is 0 Å². The van der Waals surface area contributed by atoms with Gasteiger partial charge >= 0.3 is 0 Å². The van der Waals surface area contributed by atoms with Gasteiger partial charge in [-0.15, -0.1) is 0 Å². The Hall–Kier alpha value is -1.29. The number of nitrogens with zero attached hydrogens (tertiary/aromatic N) is 1. The molecule has 2 rings (SSSR count). The molecular weight excluding hydrogens is 204 g/mol. The number of likely N-dealkylation sites (N-methyl/N-ethyl adjacent to an activating group) is 1. The Morgan fingerprint density at radius 3 is 2.94 bits per heavy atom. The normalized spacial score (nSPS) is 26.9. The topological polar surface area (TPSA) is 45.5 Å². The summed E-state index contributed by atoms with van der Waals surface area (Å²) in [4.78, 5) is 14.2. The van der Waals surface area contributed by atoms with E-state index in [2.05, 4.69) is 12.2 Å². The van der Waals surface area contributed by atoms with Gasteiger partial charge in [0.05, 0.1) is 18.0 Å². The van der Waals surface area contributed by atoms with Crippen LogP contribution in [0.5, 0.6) is 0 Å². The second kappa shape index (κ2) is 4.70. The molecule has 1 aliphatic heterocycles. The van der Waals surface area contributed by atoms with Crippen molar-refractivity contribution in [2.24, 2.45) is 0 Å². The first-order valence-electron chi connectivity index (χ1n) is 5.76. The lowest BCUT2D eigenvalue weighted by molar-refractivity contribution is -0.120. The molecule has 0 spiro atoms. The lowest BCUT2D eigenvalue weighted by Gasteiger charge is -2.27. The molecule has 1 amide bonds. The van der Waals surface area contributed by atoms with Gasteiger partial charge in [-0.1, -0.05) is 0 Å². The molecule has 1 saturated heterocycles. The standard InChI is InChI=1S/C12H18N2O2/c1-9-4-3-5-11(13-2)12(15)14(9)10-6-7-16-8-10/h6-9,11,13H,3-5H2,1-2H3. The summed E-state index contributed by atoms with van der Waals surface area (Å²) in [5.74, 6) is 0.147. The molecule has 0 bridgehead atoms. The van der Waals surface area contributed by atoms with Crippen LogP contribution in [0.15, 0.2) is 23.0 Å². The molecule has 4 nitrogen and oxygen atoms in total. The fourth-order valence-corrected chi connectivity index (χ4v) is 2.30. The maximum Gasteiger partial charge on any atom is 0.244 e. The minimum absolute atomic E-state index is 0.0696. The number of carbonyl (C=O) groups excluding carboxylic acids is 1. The van der Waals surface area contributed by atoms with Crippen LogP contribution in [0.4, 0.5) is 5.69 Å². The summed E-state index contributed by atoms with van der Waals surface area (Å²) in [5.41, 5.74) is 0.861. The highest BCUT2D eigenvalue weighted by molar-refractivity contribution is 5.97. The first-order chi connectivity index (χ1) is 7.74. The summed E-state index contributed by atoms with van der Waals surface area (Å²) in [6.07, 6.45) is 6.26. The van der Waals surface area contributed by atoms with E-state index in [1.165, 1.54) is 0 Å². The molecule has 0 radical (unpaired) electrons. The van der Waals surface area contributed by atoms with Gasteiger partial charge in [-0.2, -0.15) is 0 Å². The van der Waals surface area contributed by atoms with E-state index in [0.717, 1.165) is 24.9 Å². The summed E-state index contributed by atoms with van der Waals surface area (Å²) in [6.45, 7) is 2.09. The third-order valence-electron chi connectivity index (χ3n) is 3.22. The van der Waals surface area contributed by atoms with Gasteiger partial charge in [-0.3, -0.25) is 4.79 Å². The Morgan fingerprint density at radius 1 is 1.50 bits per heavy atom. The van der Waals surface area contributed by atoms with Crippen LogP contribution in [0.25, 0.3) is 0 Å². The summed E-state index contributed by atoms with van der Waals surface area (Å²) >= 11 is 0. The predicted molar refractivity (Wildman–Crippen MR) is 62.4 cm³/mol. The first kappa shape index (κ1) is 11.2. The molecule has 1 fully saturated rings. The van der Waals surface area contributed by atoms with Crippen LogP contribution in [-0.4, -0.2) is 25.0 Å². The monoisotopic (exact) mass is 222 g/mol. The minimum atomic E-state index is -0.0696. The summed E-state index contributed by atoms with van der Waals surface area (Å²) in [7, 11) is 1.84. The van der Waals surface area contributed by atoms with Crippen LogP contribution >= 0.6 is 0 Å². The van der Waals surface area contributed by atoms with E-state index < -0.39 is 0 Å². The number of rotatable bonds is 2. The smallest absolute Gasteiger partial charge is 0.244 e. The molecule has 1 aromatic heterocycles. The summed E-state index contributed by atoms with van der Waals surface area (Å²) in [5, 5.41) is 3.08. The van der Waals surface area contributed by atoms with Gasteiger partial charge in [0.25, 0.3) is 0 Å². The molecule has 2 unspecified atom stereocenters. The molecule has 4 heteroatoms. The van der Waals surface area contributed by atoms with Gasteiger partial charge in [0, 0.05) is 12.1 Å². The maximum atomic E-state index is 12.3. The number of anilines is 1. The van der Waals surface area contributed by atoms with Crippen molar-refractivity contribution in [1.29, 1.82) is 0 Å². The molecule has 0 aliphatic carbocycles. The van der Waals surface area contributed by atoms with Crippen molar-refractivity contribution in [3.05, 3.63) is 18.6 Å². The Kier molecular flexibility index (Phi) is 3.29. The van der Waals surface area contributed by atoms with Gasteiger partial charge in [-0.25, -0.2) is 0 Å². The molecule has 2 atom stereocenters. The maximum absolute atomic E-state index is 12.3. The number of carbonyl (C=O) groups is 1. The van der Waals surface area contributed by atoms with Crippen LogP contribution in [0, 0.1) is 0 Å². The lowest BCUT2D eigenvalue weighted by atomic mass is 10.1. The van der Waals surface area contributed by atoms with Crippen LogP contribution in [0.3, 0.4) is 0 Å². The van der Waals surface area contributed by atoms with Gasteiger partial charge < -0.3 is 14.6 Å². The molecule has 1 N–H and O–H groups in total. The highest BCUT2D eigenvalue weighted by Crippen LogP contribution is 2.25. The Morgan fingerprint density at radius 2 is 2.31 bits per heavy atom. The van der Waals surface area contributed by atoms with E-state index in [1.54, 1.807) is 12.5 Å². The second-order valence-electron chi connectivity index (χ2n) is 4.31. The third kappa shape index (κ3) is 1.97. The fourth-order valence-electron chi connectivity index (χ4n) is 2.30. The quantitative estimate of drug-likeness (QED) is 0.829. The molecule has 1 aromatic rings. The molecule has 88 valence electrons. The molecule has 0 aromatic carbocycles. The van der Waals surface area contributed by atoms with Crippen molar-refractivity contribution in [2.75, 3.05) is 11.9 Å².